The molecule has 0 amide bonds. The number of aromatic nitrogens is 2. The van der Waals surface area contributed by atoms with Gasteiger partial charge in [0.2, 0.25) is 0 Å². The van der Waals surface area contributed by atoms with Crippen molar-refractivity contribution in [3.05, 3.63) is 23.9 Å². The first-order valence-corrected chi connectivity index (χ1v) is 14.1. The van der Waals surface area contributed by atoms with E-state index in [-0.39, 0.29) is 5.04 Å². The summed E-state index contributed by atoms with van der Waals surface area (Å²) in [6.45, 7) is 20.1. The van der Waals surface area contributed by atoms with Gasteiger partial charge in [-0.2, -0.15) is 5.10 Å². The molecule has 0 radical (unpaired) electrons. The minimum absolute atomic E-state index is 0.116. The van der Waals surface area contributed by atoms with E-state index in [0.29, 0.717) is 18.8 Å². The van der Waals surface area contributed by atoms with E-state index in [1.165, 1.54) is 7.11 Å². The summed E-state index contributed by atoms with van der Waals surface area (Å²) < 4.78 is 25.4. The molecule has 1 saturated heterocycles. The summed E-state index contributed by atoms with van der Waals surface area (Å²) in [5, 5.41) is 5.49. The lowest BCUT2D eigenvalue weighted by atomic mass is 9.78. The molecule has 9 heteroatoms. The van der Waals surface area contributed by atoms with Gasteiger partial charge in [0.25, 0.3) is 0 Å². The largest absolute Gasteiger partial charge is 0.494 e. The molecule has 1 aromatic heterocycles. The third-order valence-corrected chi connectivity index (χ3v) is 11.8. The van der Waals surface area contributed by atoms with Crippen LogP contribution in [0, 0.1) is 0 Å². The van der Waals surface area contributed by atoms with Gasteiger partial charge in [0.05, 0.1) is 37.0 Å². The van der Waals surface area contributed by atoms with Crippen molar-refractivity contribution < 1.29 is 23.3 Å². The molecule has 0 N–H and O–H groups in total. The van der Waals surface area contributed by atoms with E-state index >= 15 is 0 Å². The van der Waals surface area contributed by atoms with Gasteiger partial charge in [-0.1, -0.05) is 32.9 Å². The molecule has 0 spiro atoms. The fourth-order valence-electron chi connectivity index (χ4n) is 3.35. The number of esters is 1. The molecule has 32 heavy (non-hydrogen) atoms. The lowest BCUT2D eigenvalue weighted by Crippen LogP contribution is -2.41. The van der Waals surface area contributed by atoms with Gasteiger partial charge in [0, 0.05) is 5.39 Å². The van der Waals surface area contributed by atoms with Crippen molar-refractivity contribution in [3.8, 4) is 0 Å². The molecule has 1 aromatic carbocycles. The van der Waals surface area contributed by atoms with Gasteiger partial charge < -0.3 is 18.5 Å². The predicted molar refractivity (Wildman–Crippen MR) is 130 cm³/mol. The van der Waals surface area contributed by atoms with Gasteiger partial charge in [-0.15, -0.1) is 0 Å². The maximum Gasteiger partial charge on any atom is 0.494 e. The highest BCUT2D eigenvalue weighted by atomic mass is 28.4. The highest BCUT2D eigenvalue weighted by molar-refractivity contribution is 6.74. The van der Waals surface area contributed by atoms with Crippen LogP contribution >= 0.6 is 0 Å². The lowest BCUT2D eigenvalue weighted by Gasteiger charge is -2.36. The number of carbonyl (C=O) groups excluding carboxylic acids is 1. The van der Waals surface area contributed by atoms with Crippen LogP contribution in [0.15, 0.2) is 18.2 Å². The standard InChI is InChI=1S/C23H37BN2O5Si/c1-21(2,3)32(9,10)29-14-13-26-19(20(27)28-8)17-15-16(11-12-18(17)25-26)24-30-22(4,5)23(6,7)31-24/h11-12,15H,13-14H2,1-10H3. The van der Waals surface area contributed by atoms with E-state index in [9.17, 15) is 4.79 Å². The molecule has 1 aliphatic rings. The van der Waals surface area contributed by atoms with E-state index in [4.69, 9.17) is 18.5 Å². The molecule has 1 aliphatic heterocycles. The Bertz CT molecular complexity index is 994. The molecule has 2 heterocycles. The predicted octanol–water partition coefficient (Wildman–Crippen LogP) is 4.14. The third-order valence-electron chi connectivity index (χ3n) is 7.24. The molecule has 3 rings (SSSR count). The number of fused-ring (bicyclic) bond motifs is 1. The second-order valence-corrected chi connectivity index (χ2v) is 15.8. The zero-order chi connectivity index (χ0) is 24.1. The summed E-state index contributed by atoms with van der Waals surface area (Å²) in [6, 6.07) is 5.75. The van der Waals surface area contributed by atoms with Crippen LogP contribution in [-0.4, -0.2) is 56.1 Å². The second kappa shape index (κ2) is 8.27. The van der Waals surface area contributed by atoms with Crippen LogP contribution in [0.25, 0.3) is 10.9 Å². The van der Waals surface area contributed by atoms with E-state index in [1.54, 1.807) is 4.68 Å². The van der Waals surface area contributed by atoms with Crippen LogP contribution in [0.2, 0.25) is 18.1 Å². The Morgan fingerprint density at radius 3 is 2.28 bits per heavy atom. The summed E-state index contributed by atoms with van der Waals surface area (Å²) in [5.41, 5.74) is 1.10. The fourth-order valence-corrected chi connectivity index (χ4v) is 4.39. The van der Waals surface area contributed by atoms with Crippen LogP contribution in [0.5, 0.6) is 0 Å². The highest BCUT2D eigenvalue weighted by Crippen LogP contribution is 2.37. The van der Waals surface area contributed by atoms with E-state index in [2.05, 4.69) is 39.0 Å². The summed E-state index contributed by atoms with van der Waals surface area (Å²) in [5.74, 6) is -0.425. The number of hydrogen-bond acceptors (Lipinski definition) is 6. The molecule has 0 aliphatic carbocycles. The SMILES string of the molecule is COC(=O)c1c2cc(B3OC(C)(C)C(C)(C)O3)ccc2nn1CCO[Si](C)(C)C(C)(C)C. The van der Waals surface area contributed by atoms with Crippen molar-refractivity contribution in [1.29, 1.82) is 0 Å². The molecule has 2 aromatic rings. The molecule has 0 bridgehead atoms. The van der Waals surface area contributed by atoms with E-state index in [1.807, 2.05) is 45.9 Å². The van der Waals surface area contributed by atoms with Gasteiger partial charge in [-0.3, -0.25) is 4.68 Å². The molecule has 176 valence electrons. The van der Waals surface area contributed by atoms with Crippen LogP contribution in [0.3, 0.4) is 0 Å². The first-order chi connectivity index (χ1) is 14.6. The summed E-state index contributed by atoms with van der Waals surface area (Å²) in [4.78, 5) is 12.7. The minimum Gasteiger partial charge on any atom is -0.464 e. The van der Waals surface area contributed by atoms with E-state index in [0.717, 1.165) is 16.4 Å². The Labute approximate surface area is 193 Å². The fraction of sp³-hybridized carbons (Fsp3) is 0.652. The van der Waals surface area contributed by atoms with Gasteiger partial charge in [-0.05, 0) is 57.4 Å². The second-order valence-electron chi connectivity index (χ2n) is 11.0. The molecule has 7 nitrogen and oxygen atoms in total. The van der Waals surface area contributed by atoms with Crippen molar-refractivity contribution in [3.63, 3.8) is 0 Å². The normalized spacial score (nSPS) is 18.4. The van der Waals surface area contributed by atoms with Crippen LogP contribution in [0.4, 0.5) is 0 Å². The molecule has 0 unspecified atom stereocenters. The number of hydrogen-bond donors (Lipinski definition) is 0. The van der Waals surface area contributed by atoms with Crippen LogP contribution in [0.1, 0.15) is 59.0 Å². The van der Waals surface area contributed by atoms with Crippen molar-refractivity contribution >= 4 is 37.8 Å². The average Bonchev–Trinajstić information content (AvgIpc) is 3.12. The van der Waals surface area contributed by atoms with Gasteiger partial charge in [0.15, 0.2) is 14.0 Å². The maximum absolute atomic E-state index is 12.7. The van der Waals surface area contributed by atoms with Crippen molar-refractivity contribution in [2.75, 3.05) is 13.7 Å². The number of carbonyl (C=O) groups is 1. The van der Waals surface area contributed by atoms with Crippen LogP contribution in [-0.2, 0) is 25.0 Å². The Balaban J connectivity index is 1.92. The quantitative estimate of drug-likeness (QED) is 0.477. The number of rotatable bonds is 6. The number of nitrogens with zero attached hydrogens (tertiary/aromatic N) is 2. The maximum atomic E-state index is 12.7. The van der Waals surface area contributed by atoms with Gasteiger partial charge in [0.1, 0.15) is 0 Å². The Kier molecular flexibility index (Phi) is 6.45. The number of methoxy groups -OCH3 is 1. The number of benzene rings is 1. The van der Waals surface area contributed by atoms with Crippen molar-refractivity contribution in [2.24, 2.45) is 0 Å². The van der Waals surface area contributed by atoms with Crippen LogP contribution < -0.4 is 5.46 Å². The van der Waals surface area contributed by atoms with Crippen molar-refractivity contribution in [2.45, 2.75) is 84.3 Å². The first-order valence-electron chi connectivity index (χ1n) is 11.2. The molecular weight excluding hydrogens is 423 g/mol. The lowest BCUT2D eigenvalue weighted by molar-refractivity contribution is 0.00578. The van der Waals surface area contributed by atoms with Gasteiger partial charge in [-0.25, -0.2) is 4.79 Å². The first kappa shape index (κ1) is 25.0. The van der Waals surface area contributed by atoms with Crippen molar-refractivity contribution in [1.82, 2.24) is 9.78 Å². The molecule has 1 fully saturated rings. The highest BCUT2D eigenvalue weighted by Gasteiger charge is 2.51. The third kappa shape index (κ3) is 4.53. The number of ether oxygens (including phenoxy) is 1. The zero-order valence-corrected chi connectivity index (χ0v) is 22.2. The molecule has 0 saturated carbocycles. The Morgan fingerprint density at radius 1 is 1.16 bits per heavy atom. The zero-order valence-electron chi connectivity index (χ0n) is 21.2. The smallest absolute Gasteiger partial charge is 0.464 e. The molecule has 0 atom stereocenters. The summed E-state index contributed by atoms with van der Waals surface area (Å²) in [6.07, 6.45) is 0. The molecular formula is C23H37BN2O5Si. The Hall–Kier alpha value is -1.68. The minimum atomic E-state index is -1.90. The average molecular weight is 460 g/mol. The monoisotopic (exact) mass is 460 g/mol. The summed E-state index contributed by atoms with van der Waals surface area (Å²) in [7, 11) is -1.02. The summed E-state index contributed by atoms with van der Waals surface area (Å²) >= 11 is 0. The Morgan fingerprint density at radius 2 is 1.75 bits per heavy atom. The van der Waals surface area contributed by atoms with Gasteiger partial charge >= 0.3 is 13.1 Å². The topological polar surface area (TPSA) is 71.8 Å². The van der Waals surface area contributed by atoms with E-state index < -0.39 is 32.6 Å².